The Hall–Kier alpha value is -3.78. The molecule has 3 atom stereocenters. The summed E-state index contributed by atoms with van der Waals surface area (Å²) in [5.41, 5.74) is 2.17. The molecule has 1 aromatic heterocycles. The van der Waals surface area contributed by atoms with E-state index in [4.69, 9.17) is 0 Å². The maximum absolute atomic E-state index is 14.1. The molecule has 32 heavy (non-hydrogen) atoms. The van der Waals surface area contributed by atoms with Crippen LogP contribution in [0.15, 0.2) is 73.1 Å². The number of rotatable bonds is 3. The Morgan fingerprint density at radius 1 is 1.09 bits per heavy atom. The fourth-order valence-corrected chi connectivity index (χ4v) is 4.75. The second kappa shape index (κ2) is 8.05. The number of pyridine rings is 1. The van der Waals surface area contributed by atoms with Crippen molar-refractivity contribution in [1.29, 1.82) is 0 Å². The maximum atomic E-state index is 14.1. The highest BCUT2D eigenvalue weighted by molar-refractivity contribution is 6.07. The van der Waals surface area contributed by atoms with E-state index in [-0.39, 0.29) is 36.7 Å². The Labute approximate surface area is 184 Å². The Morgan fingerprint density at radius 3 is 2.62 bits per heavy atom. The molecule has 2 aromatic carbocycles. The Balaban J connectivity index is 1.48. The number of para-hydroxylation sites is 2. The van der Waals surface area contributed by atoms with Crippen LogP contribution in [-0.4, -0.2) is 52.2 Å². The molecule has 0 aliphatic carbocycles. The summed E-state index contributed by atoms with van der Waals surface area (Å²) in [7, 11) is 0. The highest BCUT2D eigenvalue weighted by Crippen LogP contribution is 2.48. The maximum Gasteiger partial charge on any atom is 0.322 e. The Morgan fingerprint density at radius 2 is 1.88 bits per heavy atom. The van der Waals surface area contributed by atoms with Gasteiger partial charge < -0.3 is 20.2 Å². The minimum Gasteiger partial charge on any atom is -0.394 e. The first-order chi connectivity index (χ1) is 15.6. The molecule has 0 unspecified atom stereocenters. The van der Waals surface area contributed by atoms with Crippen LogP contribution in [0.4, 0.5) is 20.6 Å². The fourth-order valence-electron chi connectivity index (χ4n) is 4.75. The van der Waals surface area contributed by atoms with Crippen LogP contribution in [0.25, 0.3) is 0 Å². The molecule has 1 saturated heterocycles. The van der Waals surface area contributed by atoms with Crippen molar-refractivity contribution in [3.63, 3.8) is 0 Å². The molecule has 0 spiro atoms. The van der Waals surface area contributed by atoms with Crippen molar-refractivity contribution in [3.8, 4) is 0 Å². The van der Waals surface area contributed by atoms with Gasteiger partial charge in [-0.2, -0.15) is 0 Å². The molecule has 1 fully saturated rings. The molecule has 3 heterocycles. The van der Waals surface area contributed by atoms with E-state index in [1.54, 1.807) is 35.4 Å². The Kier molecular flexibility index (Phi) is 5.07. The molecule has 0 saturated carbocycles. The average Bonchev–Trinajstić information content (AvgIpc) is 2.81. The molecule has 3 amide bonds. The molecule has 2 N–H and O–H groups in total. The van der Waals surface area contributed by atoms with E-state index >= 15 is 0 Å². The number of anilines is 2. The van der Waals surface area contributed by atoms with Gasteiger partial charge >= 0.3 is 6.03 Å². The van der Waals surface area contributed by atoms with Gasteiger partial charge in [-0.1, -0.05) is 30.3 Å². The number of benzene rings is 2. The molecule has 8 heteroatoms. The number of carbonyl (C=O) groups excluding carboxylic acids is 2. The predicted octanol–water partition coefficient (Wildman–Crippen LogP) is 3.24. The van der Waals surface area contributed by atoms with Crippen LogP contribution < -0.4 is 10.2 Å². The van der Waals surface area contributed by atoms with Crippen molar-refractivity contribution in [2.75, 3.05) is 23.4 Å². The van der Waals surface area contributed by atoms with Gasteiger partial charge in [-0.15, -0.1) is 0 Å². The van der Waals surface area contributed by atoms with E-state index < -0.39 is 17.9 Å². The lowest BCUT2D eigenvalue weighted by atomic mass is 9.72. The minimum absolute atomic E-state index is 0.0668. The zero-order chi connectivity index (χ0) is 22.2. The minimum atomic E-state index is -0.541. The van der Waals surface area contributed by atoms with E-state index in [9.17, 15) is 19.1 Å². The number of aromatic nitrogens is 1. The van der Waals surface area contributed by atoms with Gasteiger partial charge in [0, 0.05) is 30.5 Å². The fraction of sp³-hybridized carbons (Fsp3) is 0.208. The average molecular weight is 432 g/mol. The number of aliphatic hydroxyl groups is 1. The smallest absolute Gasteiger partial charge is 0.322 e. The standard InChI is InChI=1S/C24H21FN4O3/c25-17-8-2-3-9-18(17)27-24(32)29-20-13-28(23(31)15-6-5-11-26-12-15)19-10-4-1-7-16(19)22(20)21(29)14-30/h1-12,20-22,30H,13-14H2,(H,27,32)/t20-,21+,22+/m0/s1. The number of nitrogens with one attached hydrogen (secondary N) is 1. The zero-order valence-electron chi connectivity index (χ0n) is 17.1. The van der Waals surface area contributed by atoms with Crippen molar-refractivity contribution < 1.29 is 19.1 Å². The molecule has 162 valence electrons. The lowest BCUT2D eigenvalue weighted by Gasteiger charge is -2.58. The quantitative estimate of drug-likeness (QED) is 0.665. The summed E-state index contributed by atoms with van der Waals surface area (Å²) in [6.45, 7) is 0.0212. The van der Waals surface area contributed by atoms with Crippen LogP contribution in [-0.2, 0) is 0 Å². The van der Waals surface area contributed by atoms with Gasteiger partial charge in [0.2, 0.25) is 0 Å². The first kappa shape index (κ1) is 20.1. The SMILES string of the molecule is O=C(c1cccnc1)N1C[C@H]2[C@@H](c3ccccc31)[C@@H](CO)N2C(=O)Nc1ccccc1F. The number of amides is 3. The van der Waals surface area contributed by atoms with Gasteiger partial charge in [0.25, 0.3) is 5.91 Å². The van der Waals surface area contributed by atoms with E-state index in [0.29, 0.717) is 5.56 Å². The van der Waals surface area contributed by atoms with Crippen LogP contribution in [0.2, 0.25) is 0 Å². The molecular weight excluding hydrogens is 411 g/mol. The van der Waals surface area contributed by atoms with Crippen molar-refractivity contribution >= 4 is 23.3 Å². The van der Waals surface area contributed by atoms with Crippen LogP contribution in [0.5, 0.6) is 0 Å². The topological polar surface area (TPSA) is 85.8 Å². The van der Waals surface area contributed by atoms with Crippen molar-refractivity contribution in [2.45, 2.75) is 18.0 Å². The third-order valence-corrected chi connectivity index (χ3v) is 6.19. The monoisotopic (exact) mass is 432 g/mol. The summed E-state index contributed by atoms with van der Waals surface area (Å²) >= 11 is 0. The van der Waals surface area contributed by atoms with Gasteiger partial charge in [0.05, 0.1) is 29.9 Å². The highest BCUT2D eigenvalue weighted by atomic mass is 19.1. The van der Waals surface area contributed by atoms with Gasteiger partial charge in [0.15, 0.2) is 0 Å². The van der Waals surface area contributed by atoms with Gasteiger partial charge in [-0.3, -0.25) is 9.78 Å². The number of fused-ring (bicyclic) bond motifs is 3. The van der Waals surface area contributed by atoms with Crippen LogP contribution in [0.3, 0.4) is 0 Å². The highest BCUT2D eigenvalue weighted by Gasteiger charge is 2.55. The summed E-state index contributed by atoms with van der Waals surface area (Å²) in [5, 5.41) is 12.7. The summed E-state index contributed by atoms with van der Waals surface area (Å²) in [6, 6.07) is 15.5. The lowest BCUT2D eigenvalue weighted by Crippen LogP contribution is -2.71. The van der Waals surface area contributed by atoms with E-state index in [1.165, 1.54) is 23.2 Å². The number of aliphatic hydroxyl groups excluding tert-OH is 1. The third-order valence-electron chi connectivity index (χ3n) is 6.19. The van der Waals surface area contributed by atoms with Gasteiger partial charge in [0.1, 0.15) is 5.82 Å². The molecule has 2 aliphatic rings. The predicted molar refractivity (Wildman–Crippen MR) is 117 cm³/mol. The number of halogens is 1. The molecule has 3 aromatic rings. The molecule has 2 aliphatic heterocycles. The molecule has 0 radical (unpaired) electrons. The zero-order valence-corrected chi connectivity index (χ0v) is 17.1. The molecular formula is C24H21FN4O3. The Bertz CT molecular complexity index is 1170. The number of hydrogen-bond donors (Lipinski definition) is 2. The number of hydrogen-bond acceptors (Lipinski definition) is 4. The van der Waals surface area contributed by atoms with E-state index in [0.717, 1.165) is 11.3 Å². The largest absolute Gasteiger partial charge is 0.394 e. The van der Waals surface area contributed by atoms with Gasteiger partial charge in [-0.25, -0.2) is 9.18 Å². The number of nitrogens with zero attached hydrogens (tertiary/aromatic N) is 3. The lowest BCUT2D eigenvalue weighted by molar-refractivity contribution is -0.00268. The first-order valence-corrected chi connectivity index (χ1v) is 10.4. The van der Waals surface area contributed by atoms with E-state index in [2.05, 4.69) is 10.3 Å². The molecule has 0 bridgehead atoms. The van der Waals surface area contributed by atoms with Crippen molar-refractivity contribution in [1.82, 2.24) is 9.88 Å². The number of likely N-dealkylation sites (tertiary alicyclic amines) is 1. The third kappa shape index (κ3) is 3.20. The second-order valence-corrected chi connectivity index (χ2v) is 7.88. The first-order valence-electron chi connectivity index (χ1n) is 10.4. The molecule has 5 rings (SSSR count). The summed E-state index contributed by atoms with van der Waals surface area (Å²) in [6.07, 6.45) is 3.11. The van der Waals surface area contributed by atoms with Crippen LogP contribution >= 0.6 is 0 Å². The van der Waals surface area contributed by atoms with Crippen LogP contribution in [0.1, 0.15) is 21.8 Å². The normalized spacial score (nSPS) is 21.2. The summed E-state index contributed by atoms with van der Waals surface area (Å²) in [5.74, 6) is -0.882. The number of carbonyl (C=O) groups is 2. The molecule has 7 nitrogen and oxygen atoms in total. The summed E-state index contributed by atoms with van der Waals surface area (Å²) < 4.78 is 14.1. The summed E-state index contributed by atoms with van der Waals surface area (Å²) in [4.78, 5) is 33.5. The van der Waals surface area contributed by atoms with Crippen LogP contribution in [0, 0.1) is 5.82 Å². The second-order valence-electron chi connectivity index (χ2n) is 7.88. The van der Waals surface area contributed by atoms with E-state index in [1.807, 2.05) is 24.3 Å². The number of urea groups is 1. The van der Waals surface area contributed by atoms with Gasteiger partial charge in [-0.05, 0) is 35.9 Å². The van der Waals surface area contributed by atoms with Crippen molar-refractivity contribution in [2.24, 2.45) is 0 Å². The van der Waals surface area contributed by atoms with Crippen molar-refractivity contribution in [3.05, 3.63) is 90.0 Å².